The predicted octanol–water partition coefficient (Wildman–Crippen LogP) is 0.829. The van der Waals surface area contributed by atoms with Crippen LogP contribution in [-0.4, -0.2) is 30.7 Å². The van der Waals surface area contributed by atoms with Crippen molar-refractivity contribution in [1.82, 2.24) is 10.6 Å². The minimum absolute atomic E-state index is 0.0898. The van der Waals surface area contributed by atoms with Gasteiger partial charge in [0.2, 0.25) is 11.8 Å². The standard InChI is InChI=1S/C11H22N2O2S/c1-7(2)8(16)9(14)13-6-11(3,4)10(15)12-5/h7-8,16H,6H2,1-5H3,(H,12,15)(H,13,14). The molecule has 0 rings (SSSR count). The molecular weight excluding hydrogens is 224 g/mol. The summed E-state index contributed by atoms with van der Waals surface area (Å²) in [5, 5.41) is 4.98. The zero-order chi connectivity index (χ0) is 12.9. The minimum atomic E-state index is -0.602. The van der Waals surface area contributed by atoms with Crippen LogP contribution in [0.5, 0.6) is 0 Å². The Labute approximate surface area is 103 Å². The minimum Gasteiger partial charge on any atom is -0.359 e. The number of hydrogen-bond donors (Lipinski definition) is 3. The Morgan fingerprint density at radius 3 is 2.19 bits per heavy atom. The van der Waals surface area contributed by atoms with E-state index in [1.54, 1.807) is 20.9 Å². The van der Waals surface area contributed by atoms with E-state index in [0.29, 0.717) is 6.54 Å². The van der Waals surface area contributed by atoms with Crippen molar-refractivity contribution in [3.63, 3.8) is 0 Å². The van der Waals surface area contributed by atoms with E-state index in [2.05, 4.69) is 23.3 Å². The lowest BCUT2D eigenvalue weighted by Gasteiger charge is -2.24. The van der Waals surface area contributed by atoms with Crippen molar-refractivity contribution in [2.75, 3.05) is 13.6 Å². The lowest BCUT2D eigenvalue weighted by molar-refractivity contribution is -0.129. The van der Waals surface area contributed by atoms with Gasteiger partial charge in [-0.2, -0.15) is 12.6 Å². The van der Waals surface area contributed by atoms with Crippen LogP contribution in [-0.2, 0) is 9.59 Å². The number of thiol groups is 1. The number of carbonyl (C=O) groups excluding carboxylic acids is 2. The van der Waals surface area contributed by atoms with Gasteiger partial charge in [0.05, 0.1) is 10.7 Å². The van der Waals surface area contributed by atoms with Gasteiger partial charge in [-0.1, -0.05) is 13.8 Å². The average molecular weight is 246 g/mol. The van der Waals surface area contributed by atoms with Crippen molar-refractivity contribution < 1.29 is 9.59 Å². The van der Waals surface area contributed by atoms with Crippen molar-refractivity contribution in [3.8, 4) is 0 Å². The van der Waals surface area contributed by atoms with E-state index in [1.165, 1.54) is 0 Å². The molecule has 2 N–H and O–H groups in total. The second-order valence-corrected chi connectivity index (χ2v) is 5.43. The normalized spacial score (nSPS) is 13.4. The third kappa shape index (κ3) is 4.43. The molecule has 0 aromatic rings. The molecule has 0 bridgehead atoms. The Bertz CT molecular complexity index is 265. The quantitative estimate of drug-likeness (QED) is 0.629. The molecule has 0 aromatic heterocycles. The first-order chi connectivity index (χ1) is 7.22. The van der Waals surface area contributed by atoms with Crippen LogP contribution < -0.4 is 10.6 Å². The number of nitrogens with one attached hydrogen (secondary N) is 2. The van der Waals surface area contributed by atoms with Gasteiger partial charge in [0.25, 0.3) is 0 Å². The molecule has 0 aliphatic rings. The zero-order valence-corrected chi connectivity index (χ0v) is 11.5. The molecule has 0 saturated carbocycles. The predicted molar refractivity (Wildman–Crippen MR) is 68.5 cm³/mol. The van der Waals surface area contributed by atoms with E-state index in [1.807, 2.05) is 13.8 Å². The van der Waals surface area contributed by atoms with Gasteiger partial charge in [-0.15, -0.1) is 0 Å². The highest BCUT2D eigenvalue weighted by Crippen LogP contribution is 2.14. The topological polar surface area (TPSA) is 58.2 Å². The maximum absolute atomic E-state index is 11.6. The van der Waals surface area contributed by atoms with E-state index >= 15 is 0 Å². The number of carbonyl (C=O) groups is 2. The summed E-state index contributed by atoms with van der Waals surface area (Å²) in [6.45, 7) is 7.75. The number of rotatable bonds is 5. The van der Waals surface area contributed by atoms with Crippen LogP contribution in [0.4, 0.5) is 0 Å². The fraction of sp³-hybridized carbons (Fsp3) is 0.818. The van der Waals surface area contributed by atoms with E-state index in [-0.39, 0.29) is 23.0 Å². The fourth-order valence-corrected chi connectivity index (χ4v) is 1.23. The monoisotopic (exact) mass is 246 g/mol. The first kappa shape index (κ1) is 15.3. The smallest absolute Gasteiger partial charge is 0.233 e. The molecule has 4 nitrogen and oxygen atoms in total. The molecule has 0 saturated heterocycles. The van der Waals surface area contributed by atoms with Gasteiger partial charge in [0.1, 0.15) is 0 Å². The van der Waals surface area contributed by atoms with Gasteiger partial charge in [-0.3, -0.25) is 9.59 Å². The summed E-state index contributed by atoms with van der Waals surface area (Å²) in [6, 6.07) is 0. The second kappa shape index (κ2) is 6.13. The summed E-state index contributed by atoms with van der Waals surface area (Å²) in [4.78, 5) is 23.1. The lowest BCUT2D eigenvalue weighted by atomic mass is 9.92. The fourth-order valence-electron chi connectivity index (χ4n) is 1.13. The molecule has 0 fully saturated rings. The summed E-state index contributed by atoms with van der Waals surface area (Å²) in [5.41, 5.74) is -0.602. The third-order valence-electron chi connectivity index (χ3n) is 2.45. The summed E-state index contributed by atoms with van der Waals surface area (Å²) in [5.74, 6) is -0.0465. The Balaban J connectivity index is 4.25. The third-order valence-corrected chi connectivity index (χ3v) is 3.28. The SMILES string of the molecule is CNC(=O)C(C)(C)CNC(=O)C(S)C(C)C. The molecule has 16 heavy (non-hydrogen) atoms. The van der Waals surface area contributed by atoms with Crippen LogP contribution >= 0.6 is 12.6 Å². The Morgan fingerprint density at radius 1 is 1.31 bits per heavy atom. The molecule has 94 valence electrons. The van der Waals surface area contributed by atoms with Gasteiger partial charge < -0.3 is 10.6 Å². The lowest BCUT2D eigenvalue weighted by Crippen LogP contribution is -2.46. The van der Waals surface area contributed by atoms with E-state index in [4.69, 9.17) is 0 Å². The van der Waals surface area contributed by atoms with Gasteiger partial charge in [-0.25, -0.2) is 0 Å². The van der Waals surface area contributed by atoms with Crippen LogP contribution in [0.25, 0.3) is 0 Å². The molecule has 0 aliphatic heterocycles. The van der Waals surface area contributed by atoms with E-state index in [9.17, 15) is 9.59 Å². The average Bonchev–Trinajstić information content (AvgIpc) is 2.23. The molecule has 1 unspecified atom stereocenters. The Kier molecular flexibility index (Phi) is 5.86. The molecule has 5 heteroatoms. The van der Waals surface area contributed by atoms with Crippen molar-refractivity contribution in [1.29, 1.82) is 0 Å². The molecule has 0 heterocycles. The summed E-state index contributed by atoms with van der Waals surface area (Å²) < 4.78 is 0. The molecular formula is C11H22N2O2S. The highest BCUT2D eigenvalue weighted by molar-refractivity contribution is 7.81. The first-order valence-electron chi connectivity index (χ1n) is 5.40. The summed E-state index contributed by atoms with van der Waals surface area (Å²) in [7, 11) is 1.58. The van der Waals surface area contributed by atoms with E-state index in [0.717, 1.165) is 0 Å². The summed E-state index contributed by atoms with van der Waals surface area (Å²) in [6.07, 6.45) is 0. The van der Waals surface area contributed by atoms with Crippen LogP contribution in [0.1, 0.15) is 27.7 Å². The van der Waals surface area contributed by atoms with Crippen LogP contribution in [0.2, 0.25) is 0 Å². The maximum atomic E-state index is 11.6. The second-order valence-electron chi connectivity index (χ2n) is 4.87. The number of hydrogen-bond acceptors (Lipinski definition) is 3. The van der Waals surface area contributed by atoms with Gasteiger partial charge in [0.15, 0.2) is 0 Å². The summed E-state index contributed by atoms with van der Waals surface area (Å²) >= 11 is 4.21. The maximum Gasteiger partial charge on any atom is 0.233 e. The zero-order valence-electron chi connectivity index (χ0n) is 10.6. The van der Waals surface area contributed by atoms with Crippen molar-refractivity contribution >= 4 is 24.4 Å². The van der Waals surface area contributed by atoms with Crippen molar-refractivity contribution in [3.05, 3.63) is 0 Å². The van der Waals surface area contributed by atoms with Crippen LogP contribution in [0.15, 0.2) is 0 Å². The molecule has 0 radical (unpaired) electrons. The highest BCUT2D eigenvalue weighted by atomic mass is 32.1. The van der Waals surface area contributed by atoms with Crippen LogP contribution in [0, 0.1) is 11.3 Å². The molecule has 0 aromatic carbocycles. The van der Waals surface area contributed by atoms with Crippen molar-refractivity contribution in [2.45, 2.75) is 32.9 Å². The number of amides is 2. The largest absolute Gasteiger partial charge is 0.359 e. The van der Waals surface area contributed by atoms with E-state index < -0.39 is 5.41 Å². The van der Waals surface area contributed by atoms with Gasteiger partial charge in [0, 0.05) is 13.6 Å². The molecule has 2 amide bonds. The Hall–Kier alpha value is -0.710. The molecule has 1 atom stereocenters. The first-order valence-corrected chi connectivity index (χ1v) is 5.92. The van der Waals surface area contributed by atoms with Gasteiger partial charge >= 0.3 is 0 Å². The highest BCUT2D eigenvalue weighted by Gasteiger charge is 2.28. The molecule has 0 spiro atoms. The van der Waals surface area contributed by atoms with Crippen molar-refractivity contribution in [2.24, 2.45) is 11.3 Å². The van der Waals surface area contributed by atoms with Crippen LogP contribution in [0.3, 0.4) is 0 Å². The van der Waals surface area contributed by atoms with Gasteiger partial charge in [-0.05, 0) is 19.8 Å². The molecule has 0 aliphatic carbocycles. The Morgan fingerprint density at radius 2 is 1.81 bits per heavy atom.